The van der Waals surface area contributed by atoms with Crippen molar-refractivity contribution < 1.29 is 9.53 Å². The number of benzene rings is 2. The summed E-state index contributed by atoms with van der Waals surface area (Å²) in [4.78, 5) is 31.2. The van der Waals surface area contributed by atoms with E-state index in [9.17, 15) is 9.59 Å². The zero-order valence-electron chi connectivity index (χ0n) is 20.0. The van der Waals surface area contributed by atoms with Crippen molar-refractivity contribution in [1.29, 1.82) is 0 Å². The molecule has 2 aromatic heterocycles. The predicted octanol–water partition coefficient (Wildman–Crippen LogP) is 4.82. The number of halogens is 1. The lowest BCUT2D eigenvalue weighted by Crippen LogP contribution is -2.35. The quantitative estimate of drug-likeness (QED) is 0.315. The molecule has 0 N–H and O–H groups in total. The number of pyridine rings is 2. The van der Waals surface area contributed by atoms with Crippen LogP contribution < -0.4 is 10.3 Å². The molecule has 4 aromatic rings. The van der Waals surface area contributed by atoms with Gasteiger partial charge in [0.2, 0.25) is 0 Å². The highest BCUT2D eigenvalue weighted by atomic mass is 35.5. The Morgan fingerprint density at radius 3 is 2.63 bits per heavy atom. The molecule has 7 heteroatoms. The summed E-state index contributed by atoms with van der Waals surface area (Å²) < 4.78 is 7.59. The monoisotopic (exact) mass is 491 g/mol. The molecular weight excluding hydrogens is 462 g/mol. The molecule has 35 heavy (non-hydrogen) atoms. The summed E-state index contributed by atoms with van der Waals surface area (Å²) in [7, 11) is 1.76. The zero-order valence-corrected chi connectivity index (χ0v) is 20.8. The molecule has 0 saturated heterocycles. The lowest BCUT2D eigenvalue weighted by Gasteiger charge is -2.24. The summed E-state index contributed by atoms with van der Waals surface area (Å²) >= 11 is 0. The van der Waals surface area contributed by atoms with E-state index in [0.717, 1.165) is 39.8 Å². The first-order valence-electron chi connectivity index (χ1n) is 11.5. The molecule has 1 amide bonds. The first kappa shape index (κ1) is 26.0. The van der Waals surface area contributed by atoms with Crippen LogP contribution in [0.3, 0.4) is 0 Å². The minimum Gasteiger partial charge on any atom is -0.494 e. The number of hydrogen-bond donors (Lipinski definition) is 0. The molecule has 4 rings (SSSR count). The molecule has 0 aliphatic rings. The van der Waals surface area contributed by atoms with E-state index < -0.39 is 0 Å². The number of aromatic nitrogens is 2. The van der Waals surface area contributed by atoms with Crippen molar-refractivity contribution in [3.63, 3.8) is 0 Å². The molecule has 6 nitrogen and oxygen atoms in total. The highest BCUT2D eigenvalue weighted by Gasteiger charge is 2.17. The Balaban J connectivity index is 0.00000342. The Morgan fingerprint density at radius 1 is 1.03 bits per heavy atom. The maximum atomic E-state index is 13.3. The smallest absolute Gasteiger partial charge is 0.254 e. The number of carbonyl (C=O) groups is 1. The Labute approximate surface area is 211 Å². The second kappa shape index (κ2) is 12.2. The summed E-state index contributed by atoms with van der Waals surface area (Å²) in [5, 5.41) is 0.951. The third-order valence-corrected chi connectivity index (χ3v) is 5.99. The molecular formula is C28H30ClN3O3. The maximum absolute atomic E-state index is 13.3. The number of ether oxygens (including phenoxy) is 1. The first-order chi connectivity index (χ1) is 16.5. The van der Waals surface area contributed by atoms with E-state index in [1.807, 2.05) is 78.7 Å². The number of nitrogens with zero attached hydrogens (tertiary/aromatic N) is 3. The second-order valence-corrected chi connectivity index (χ2v) is 8.37. The van der Waals surface area contributed by atoms with Gasteiger partial charge in [-0.1, -0.05) is 24.3 Å². The van der Waals surface area contributed by atoms with E-state index in [0.29, 0.717) is 26.1 Å². The second-order valence-electron chi connectivity index (χ2n) is 8.37. The number of fused-ring (bicyclic) bond motifs is 1. The van der Waals surface area contributed by atoms with Crippen LogP contribution in [0.25, 0.3) is 10.9 Å². The molecule has 0 saturated carbocycles. The minimum absolute atomic E-state index is 0. The van der Waals surface area contributed by atoms with E-state index in [1.54, 1.807) is 23.9 Å². The standard InChI is InChI=1S/C28H29N3O3.ClH/c1-21-7-3-4-9-25(21)28(33)31(17-14-22-8-5-15-29-20-22)16-6-18-34-24-11-12-26-23(19-24)10-13-27(32)30(26)2;/h3-5,7-13,15,19-20H,6,14,16-18H2,1-2H3;1H. The van der Waals surface area contributed by atoms with Gasteiger partial charge in [0.15, 0.2) is 0 Å². The summed E-state index contributed by atoms with van der Waals surface area (Å²) in [6.45, 7) is 3.66. The van der Waals surface area contributed by atoms with E-state index in [1.165, 1.54) is 0 Å². The Morgan fingerprint density at radius 2 is 1.86 bits per heavy atom. The maximum Gasteiger partial charge on any atom is 0.254 e. The van der Waals surface area contributed by atoms with Crippen LogP contribution in [0.1, 0.15) is 27.9 Å². The molecule has 0 bridgehead atoms. The van der Waals surface area contributed by atoms with Gasteiger partial charge in [-0.2, -0.15) is 0 Å². The van der Waals surface area contributed by atoms with Gasteiger partial charge >= 0.3 is 0 Å². The van der Waals surface area contributed by atoms with Crippen LogP contribution in [0.4, 0.5) is 0 Å². The largest absolute Gasteiger partial charge is 0.494 e. The summed E-state index contributed by atoms with van der Waals surface area (Å²) in [6.07, 6.45) is 5.05. The lowest BCUT2D eigenvalue weighted by molar-refractivity contribution is 0.0748. The van der Waals surface area contributed by atoms with Gasteiger partial charge in [0, 0.05) is 49.5 Å². The zero-order chi connectivity index (χ0) is 23.9. The van der Waals surface area contributed by atoms with E-state index in [4.69, 9.17) is 4.74 Å². The number of carbonyl (C=O) groups excluding carboxylic acids is 1. The molecule has 0 fully saturated rings. The topological polar surface area (TPSA) is 64.4 Å². The lowest BCUT2D eigenvalue weighted by atomic mass is 10.1. The number of rotatable bonds is 9. The molecule has 0 spiro atoms. The molecule has 2 heterocycles. The molecule has 0 atom stereocenters. The van der Waals surface area contributed by atoms with Gasteiger partial charge in [-0.25, -0.2) is 0 Å². The fourth-order valence-electron chi connectivity index (χ4n) is 4.01. The number of hydrogen-bond acceptors (Lipinski definition) is 4. The van der Waals surface area contributed by atoms with Gasteiger partial charge in [0.25, 0.3) is 11.5 Å². The van der Waals surface area contributed by atoms with Gasteiger partial charge in [-0.05, 0) is 67.3 Å². The summed E-state index contributed by atoms with van der Waals surface area (Å²) in [5.41, 5.74) is 3.64. The van der Waals surface area contributed by atoms with Crippen molar-refractivity contribution in [3.05, 3.63) is 106 Å². The van der Waals surface area contributed by atoms with Gasteiger partial charge < -0.3 is 14.2 Å². The fraction of sp³-hybridized carbons (Fsp3) is 0.250. The predicted molar refractivity (Wildman–Crippen MR) is 142 cm³/mol. The van der Waals surface area contributed by atoms with Crippen molar-refractivity contribution in [2.75, 3.05) is 19.7 Å². The summed E-state index contributed by atoms with van der Waals surface area (Å²) in [5.74, 6) is 0.784. The molecule has 182 valence electrons. The molecule has 0 aliphatic carbocycles. The minimum atomic E-state index is -0.0362. The van der Waals surface area contributed by atoms with Crippen LogP contribution >= 0.6 is 12.4 Å². The Hall–Kier alpha value is -3.64. The van der Waals surface area contributed by atoms with Gasteiger partial charge in [-0.15, -0.1) is 12.4 Å². The SMILES string of the molecule is Cc1ccccc1C(=O)N(CCCOc1ccc2c(ccc(=O)n2C)c1)CCc1cccnc1.Cl. The van der Waals surface area contributed by atoms with Crippen LogP contribution in [-0.2, 0) is 13.5 Å². The number of aryl methyl sites for hydroxylation is 2. The van der Waals surface area contributed by atoms with Gasteiger partial charge in [0.05, 0.1) is 12.1 Å². The van der Waals surface area contributed by atoms with Crippen LogP contribution in [0.2, 0.25) is 0 Å². The molecule has 0 unspecified atom stereocenters. The van der Waals surface area contributed by atoms with Crippen molar-refractivity contribution in [2.45, 2.75) is 19.8 Å². The summed E-state index contributed by atoms with van der Waals surface area (Å²) in [6, 6.07) is 20.7. The first-order valence-corrected chi connectivity index (χ1v) is 11.5. The van der Waals surface area contributed by atoms with Crippen LogP contribution in [0.15, 0.2) is 83.9 Å². The Kier molecular flexibility index (Phi) is 9.04. The Bertz CT molecular complexity index is 1340. The average Bonchev–Trinajstić information content (AvgIpc) is 2.86. The highest BCUT2D eigenvalue weighted by molar-refractivity contribution is 5.95. The van der Waals surface area contributed by atoms with E-state index in [2.05, 4.69) is 4.98 Å². The third kappa shape index (κ3) is 6.49. The van der Waals surface area contributed by atoms with Gasteiger partial charge in [0.1, 0.15) is 5.75 Å². The number of amides is 1. The fourth-order valence-corrected chi connectivity index (χ4v) is 4.01. The van der Waals surface area contributed by atoms with Gasteiger partial charge in [-0.3, -0.25) is 14.6 Å². The van der Waals surface area contributed by atoms with Crippen LogP contribution in [0.5, 0.6) is 5.75 Å². The van der Waals surface area contributed by atoms with Crippen molar-refractivity contribution >= 4 is 29.2 Å². The molecule has 2 aromatic carbocycles. The van der Waals surface area contributed by atoms with Crippen molar-refractivity contribution in [2.24, 2.45) is 7.05 Å². The molecule has 0 radical (unpaired) electrons. The highest BCUT2D eigenvalue weighted by Crippen LogP contribution is 2.19. The molecule has 0 aliphatic heterocycles. The normalized spacial score (nSPS) is 10.6. The third-order valence-electron chi connectivity index (χ3n) is 5.99. The van der Waals surface area contributed by atoms with Crippen molar-refractivity contribution in [3.8, 4) is 5.75 Å². The average molecular weight is 492 g/mol. The van der Waals surface area contributed by atoms with Crippen molar-refractivity contribution in [1.82, 2.24) is 14.5 Å². The van der Waals surface area contributed by atoms with Crippen LogP contribution in [-0.4, -0.2) is 40.1 Å². The van der Waals surface area contributed by atoms with Crippen LogP contribution in [0, 0.1) is 6.92 Å². The van der Waals surface area contributed by atoms with E-state index in [-0.39, 0.29) is 23.9 Å². The van der Waals surface area contributed by atoms with E-state index >= 15 is 0 Å².